The second kappa shape index (κ2) is 4.43. The van der Waals surface area contributed by atoms with E-state index in [-0.39, 0.29) is 5.56 Å². The third-order valence-electron chi connectivity index (χ3n) is 2.73. The summed E-state index contributed by atoms with van der Waals surface area (Å²) in [4.78, 5) is 12.0. The quantitative estimate of drug-likeness (QED) is 0.779. The Labute approximate surface area is 120 Å². The van der Waals surface area contributed by atoms with E-state index < -0.39 is 5.97 Å². The van der Waals surface area contributed by atoms with Crippen LogP contribution in [-0.2, 0) is 0 Å². The molecule has 0 unspecified atom stereocenters. The molecule has 0 aromatic carbocycles. The maximum Gasteiger partial charge on any atom is 0.337 e. The number of aromatic nitrogens is 3. The summed E-state index contributed by atoms with van der Waals surface area (Å²) >= 11 is 5.02. The van der Waals surface area contributed by atoms with Crippen LogP contribution < -0.4 is 0 Å². The minimum Gasteiger partial charge on any atom is -0.478 e. The molecule has 0 amide bonds. The van der Waals surface area contributed by atoms with E-state index in [0.29, 0.717) is 11.5 Å². The van der Waals surface area contributed by atoms with Crippen molar-refractivity contribution in [1.82, 2.24) is 14.6 Å². The average Bonchev–Trinajstić information content (AvgIpc) is 2.93. The lowest BCUT2D eigenvalue weighted by Crippen LogP contribution is -1.99. The first-order valence-corrected chi connectivity index (χ1v) is 7.01. The molecular formula is C12H8BrN3O2S. The first-order chi connectivity index (χ1) is 9.06. The predicted molar refractivity (Wildman–Crippen MR) is 75.7 cm³/mol. The minimum atomic E-state index is -0.968. The van der Waals surface area contributed by atoms with Gasteiger partial charge in [-0.1, -0.05) is 0 Å². The Morgan fingerprint density at radius 1 is 1.42 bits per heavy atom. The normalized spacial score (nSPS) is 11.1. The number of halogens is 1. The molecule has 96 valence electrons. The summed E-state index contributed by atoms with van der Waals surface area (Å²) in [7, 11) is 0. The highest BCUT2D eigenvalue weighted by atomic mass is 79.9. The molecule has 1 N–H and O–H groups in total. The van der Waals surface area contributed by atoms with Crippen molar-refractivity contribution in [2.24, 2.45) is 0 Å². The maximum absolute atomic E-state index is 11.0. The van der Waals surface area contributed by atoms with Crippen LogP contribution in [0, 0.1) is 6.92 Å². The van der Waals surface area contributed by atoms with Crippen LogP contribution in [0.3, 0.4) is 0 Å². The molecule has 0 saturated heterocycles. The van der Waals surface area contributed by atoms with Crippen LogP contribution >= 0.6 is 27.3 Å². The van der Waals surface area contributed by atoms with Gasteiger partial charge in [0, 0.05) is 6.20 Å². The lowest BCUT2D eigenvalue weighted by atomic mass is 10.3. The number of aromatic carboxylic acids is 1. The van der Waals surface area contributed by atoms with Crippen molar-refractivity contribution >= 4 is 38.9 Å². The van der Waals surface area contributed by atoms with E-state index in [9.17, 15) is 4.79 Å². The number of aryl methyl sites for hydroxylation is 1. The van der Waals surface area contributed by atoms with Gasteiger partial charge >= 0.3 is 5.97 Å². The summed E-state index contributed by atoms with van der Waals surface area (Å²) in [6.45, 7) is 2.00. The van der Waals surface area contributed by atoms with Crippen LogP contribution in [0.5, 0.6) is 0 Å². The van der Waals surface area contributed by atoms with Gasteiger partial charge in [-0.3, -0.25) is 4.40 Å². The summed E-state index contributed by atoms with van der Waals surface area (Å²) in [6, 6.07) is 5.17. The minimum absolute atomic E-state index is 0.209. The second-order valence-electron chi connectivity index (χ2n) is 4.04. The molecule has 0 radical (unpaired) electrons. The molecule has 0 saturated carbocycles. The van der Waals surface area contributed by atoms with Gasteiger partial charge in [0.1, 0.15) is 0 Å². The summed E-state index contributed by atoms with van der Waals surface area (Å²) in [6.07, 6.45) is 1.54. The van der Waals surface area contributed by atoms with Gasteiger partial charge in [-0.25, -0.2) is 4.79 Å². The zero-order valence-electron chi connectivity index (χ0n) is 9.79. The van der Waals surface area contributed by atoms with Crippen molar-refractivity contribution in [3.05, 3.63) is 39.3 Å². The maximum atomic E-state index is 11.0. The van der Waals surface area contributed by atoms with Crippen LogP contribution in [0.1, 0.15) is 15.9 Å². The molecule has 0 aliphatic carbocycles. The fourth-order valence-electron chi connectivity index (χ4n) is 1.76. The zero-order valence-corrected chi connectivity index (χ0v) is 12.2. The summed E-state index contributed by atoms with van der Waals surface area (Å²) in [5, 5.41) is 17.2. The number of thiophene rings is 1. The Hall–Kier alpha value is -1.73. The molecule has 0 aliphatic heterocycles. The largest absolute Gasteiger partial charge is 0.478 e. The topological polar surface area (TPSA) is 67.5 Å². The number of hydrogen-bond acceptors (Lipinski definition) is 4. The fraction of sp³-hybridized carbons (Fsp3) is 0.0833. The van der Waals surface area contributed by atoms with Gasteiger partial charge in [-0.05, 0) is 46.6 Å². The summed E-state index contributed by atoms with van der Waals surface area (Å²) < 4.78 is 2.73. The van der Waals surface area contributed by atoms with Gasteiger partial charge in [0.05, 0.1) is 14.2 Å². The van der Waals surface area contributed by atoms with E-state index in [1.165, 1.54) is 12.3 Å². The Balaban J connectivity index is 2.23. The second-order valence-corrected chi connectivity index (χ2v) is 6.41. The van der Waals surface area contributed by atoms with Crippen LogP contribution in [0.25, 0.3) is 16.3 Å². The molecule has 3 rings (SSSR count). The van der Waals surface area contributed by atoms with E-state index in [0.717, 1.165) is 14.2 Å². The third kappa shape index (κ3) is 2.04. The number of hydrogen-bond donors (Lipinski definition) is 1. The highest BCUT2D eigenvalue weighted by Gasteiger charge is 2.13. The number of fused-ring (bicyclic) bond motifs is 1. The molecule has 3 heterocycles. The molecule has 0 atom stereocenters. The zero-order chi connectivity index (χ0) is 13.6. The van der Waals surface area contributed by atoms with Gasteiger partial charge in [0.2, 0.25) is 0 Å². The van der Waals surface area contributed by atoms with Crippen LogP contribution in [0.15, 0.2) is 28.2 Å². The molecule has 7 heteroatoms. The molecule has 19 heavy (non-hydrogen) atoms. The number of carboxylic acids is 1. The number of rotatable bonds is 2. The third-order valence-corrected chi connectivity index (χ3v) is 4.86. The highest BCUT2D eigenvalue weighted by molar-refractivity contribution is 9.11. The van der Waals surface area contributed by atoms with Crippen LogP contribution in [-0.4, -0.2) is 25.7 Å². The lowest BCUT2D eigenvalue weighted by Gasteiger charge is -1.98. The number of pyridine rings is 1. The summed E-state index contributed by atoms with van der Waals surface area (Å²) in [5.41, 5.74) is 1.95. The van der Waals surface area contributed by atoms with Gasteiger partial charge in [0.25, 0.3) is 0 Å². The van der Waals surface area contributed by atoms with Crippen molar-refractivity contribution in [1.29, 1.82) is 0 Å². The monoisotopic (exact) mass is 337 g/mol. The molecule has 3 aromatic rings. The molecule has 5 nitrogen and oxygen atoms in total. The van der Waals surface area contributed by atoms with Crippen molar-refractivity contribution in [2.75, 3.05) is 0 Å². The van der Waals surface area contributed by atoms with E-state index >= 15 is 0 Å². The average molecular weight is 338 g/mol. The Morgan fingerprint density at radius 3 is 2.84 bits per heavy atom. The first-order valence-electron chi connectivity index (χ1n) is 5.40. The van der Waals surface area contributed by atoms with Gasteiger partial charge in [0.15, 0.2) is 11.5 Å². The van der Waals surface area contributed by atoms with Crippen molar-refractivity contribution in [3.63, 3.8) is 0 Å². The van der Waals surface area contributed by atoms with Gasteiger partial charge in [-0.15, -0.1) is 21.5 Å². The van der Waals surface area contributed by atoms with Crippen molar-refractivity contribution < 1.29 is 9.90 Å². The van der Waals surface area contributed by atoms with Gasteiger partial charge in [-0.2, -0.15) is 0 Å². The first kappa shape index (κ1) is 12.3. The van der Waals surface area contributed by atoms with Crippen molar-refractivity contribution in [2.45, 2.75) is 6.92 Å². The molecule has 3 aromatic heterocycles. The predicted octanol–water partition coefficient (Wildman–Crippen LogP) is 3.23. The molecular weight excluding hydrogens is 330 g/mol. The molecule has 0 bridgehead atoms. The highest BCUT2D eigenvalue weighted by Crippen LogP contribution is 2.33. The smallest absolute Gasteiger partial charge is 0.337 e. The van der Waals surface area contributed by atoms with E-state index in [1.807, 2.05) is 13.0 Å². The van der Waals surface area contributed by atoms with Crippen molar-refractivity contribution in [3.8, 4) is 10.7 Å². The van der Waals surface area contributed by atoms with E-state index in [2.05, 4.69) is 26.1 Å². The van der Waals surface area contributed by atoms with E-state index in [4.69, 9.17) is 5.11 Å². The molecule has 0 fully saturated rings. The van der Waals surface area contributed by atoms with Crippen LogP contribution in [0.2, 0.25) is 0 Å². The van der Waals surface area contributed by atoms with Gasteiger partial charge < -0.3 is 5.11 Å². The molecule has 0 aliphatic rings. The number of carbonyl (C=O) groups is 1. The Kier molecular flexibility index (Phi) is 2.87. The summed E-state index contributed by atoms with van der Waals surface area (Å²) in [5.74, 6) is -0.318. The number of carboxylic acid groups (broad SMARTS) is 1. The van der Waals surface area contributed by atoms with Crippen LogP contribution in [0.4, 0.5) is 0 Å². The Morgan fingerprint density at radius 2 is 2.21 bits per heavy atom. The number of nitrogens with zero attached hydrogens (tertiary/aromatic N) is 3. The SMILES string of the molecule is Cc1cc(-c2nnc3ccc(C(=O)O)cn23)sc1Br. The fourth-order valence-corrected chi connectivity index (χ4v) is 3.27. The van der Waals surface area contributed by atoms with E-state index in [1.54, 1.807) is 21.8 Å². The molecule has 0 spiro atoms. The Bertz CT molecular complexity index is 774. The lowest BCUT2D eigenvalue weighted by molar-refractivity contribution is 0.0696. The standard InChI is InChI=1S/C12H8BrN3O2S/c1-6-4-8(19-10(6)13)11-15-14-9-3-2-7(12(17)18)5-16(9)11/h2-5H,1H3,(H,17,18).